The minimum absolute atomic E-state index is 0.287. The molecular weight excluding hydrogens is 288 g/mol. The highest BCUT2D eigenvalue weighted by Crippen LogP contribution is 2.35. The Hall–Kier alpha value is -2.15. The SMILES string of the molecule is COc1cc(OC)c(NC(=O)NC(C)C(=O)O)cc1Cl. The summed E-state index contributed by atoms with van der Waals surface area (Å²) < 4.78 is 10.1. The highest BCUT2D eigenvalue weighted by Gasteiger charge is 2.16. The van der Waals surface area contributed by atoms with E-state index in [0.29, 0.717) is 17.2 Å². The average Bonchev–Trinajstić information content (AvgIpc) is 2.38. The van der Waals surface area contributed by atoms with Crippen LogP contribution in [0.2, 0.25) is 5.02 Å². The van der Waals surface area contributed by atoms with Crippen molar-refractivity contribution >= 4 is 29.3 Å². The fraction of sp³-hybridized carbons (Fsp3) is 0.333. The van der Waals surface area contributed by atoms with Gasteiger partial charge in [0.15, 0.2) is 0 Å². The number of anilines is 1. The minimum Gasteiger partial charge on any atom is -0.495 e. The summed E-state index contributed by atoms with van der Waals surface area (Å²) in [5, 5.41) is 13.7. The Labute approximate surface area is 120 Å². The minimum atomic E-state index is -1.14. The first-order chi connectivity index (χ1) is 9.38. The standard InChI is InChI=1S/C12H15ClN2O5/c1-6(11(16)17)14-12(18)15-8-4-7(13)9(19-2)5-10(8)20-3/h4-6H,1-3H3,(H,16,17)(H2,14,15,18). The monoisotopic (exact) mass is 302 g/mol. The number of rotatable bonds is 5. The number of urea groups is 1. The number of carboxylic acids is 1. The predicted molar refractivity (Wildman–Crippen MR) is 73.8 cm³/mol. The molecule has 2 amide bonds. The van der Waals surface area contributed by atoms with E-state index in [1.807, 2.05) is 0 Å². The molecule has 0 radical (unpaired) electrons. The Bertz CT molecular complexity index is 521. The van der Waals surface area contributed by atoms with Crippen LogP contribution in [-0.4, -0.2) is 37.4 Å². The number of ether oxygens (including phenoxy) is 2. The third kappa shape index (κ3) is 3.92. The van der Waals surface area contributed by atoms with E-state index in [1.54, 1.807) is 0 Å². The summed E-state index contributed by atoms with van der Waals surface area (Å²) in [6.45, 7) is 1.35. The van der Waals surface area contributed by atoms with Crippen LogP contribution in [0.1, 0.15) is 6.92 Å². The summed E-state index contributed by atoms with van der Waals surface area (Å²) in [6, 6.07) is 1.26. The zero-order valence-electron chi connectivity index (χ0n) is 11.2. The van der Waals surface area contributed by atoms with Crippen molar-refractivity contribution in [1.29, 1.82) is 0 Å². The van der Waals surface area contributed by atoms with E-state index in [1.165, 1.54) is 33.3 Å². The molecule has 0 spiro atoms. The summed E-state index contributed by atoms with van der Waals surface area (Å²) in [7, 11) is 2.88. The van der Waals surface area contributed by atoms with E-state index < -0.39 is 18.0 Å². The maximum atomic E-state index is 11.6. The van der Waals surface area contributed by atoms with Crippen molar-refractivity contribution in [2.45, 2.75) is 13.0 Å². The average molecular weight is 303 g/mol. The number of carbonyl (C=O) groups excluding carboxylic acids is 1. The van der Waals surface area contributed by atoms with Crippen molar-refractivity contribution < 1.29 is 24.2 Å². The molecule has 110 valence electrons. The molecule has 8 heteroatoms. The Morgan fingerprint density at radius 1 is 1.25 bits per heavy atom. The molecule has 0 saturated heterocycles. The molecule has 3 N–H and O–H groups in total. The molecule has 1 aromatic rings. The van der Waals surface area contributed by atoms with Crippen LogP contribution < -0.4 is 20.1 Å². The van der Waals surface area contributed by atoms with Crippen LogP contribution in [0.15, 0.2) is 12.1 Å². The van der Waals surface area contributed by atoms with Gasteiger partial charge in [-0.25, -0.2) is 4.79 Å². The molecule has 1 unspecified atom stereocenters. The maximum absolute atomic E-state index is 11.6. The van der Waals surface area contributed by atoms with Crippen LogP contribution in [0.5, 0.6) is 11.5 Å². The summed E-state index contributed by atoms with van der Waals surface area (Å²) in [5.41, 5.74) is 0.299. The van der Waals surface area contributed by atoms with Gasteiger partial charge in [0.25, 0.3) is 0 Å². The van der Waals surface area contributed by atoms with Crippen LogP contribution in [0.25, 0.3) is 0 Å². The zero-order chi connectivity index (χ0) is 15.3. The lowest BCUT2D eigenvalue weighted by Gasteiger charge is -2.14. The van der Waals surface area contributed by atoms with Gasteiger partial charge in [-0.2, -0.15) is 0 Å². The number of aliphatic carboxylic acids is 1. The first-order valence-electron chi connectivity index (χ1n) is 5.60. The van der Waals surface area contributed by atoms with Crippen LogP contribution in [0.3, 0.4) is 0 Å². The first kappa shape index (κ1) is 15.9. The quantitative estimate of drug-likeness (QED) is 0.772. The fourth-order valence-corrected chi connectivity index (χ4v) is 1.62. The first-order valence-corrected chi connectivity index (χ1v) is 5.98. The van der Waals surface area contributed by atoms with Gasteiger partial charge in [0, 0.05) is 6.07 Å². The van der Waals surface area contributed by atoms with Crippen molar-refractivity contribution in [3.8, 4) is 11.5 Å². The number of methoxy groups -OCH3 is 2. The van der Waals surface area contributed by atoms with Gasteiger partial charge < -0.3 is 25.2 Å². The molecule has 0 aliphatic heterocycles. The maximum Gasteiger partial charge on any atom is 0.325 e. The highest BCUT2D eigenvalue weighted by molar-refractivity contribution is 6.32. The van der Waals surface area contributed by atoms with Crippen LogP contribution in [0.4, 0.5) is 10.5 Å². The summed E-state index contributed by atoms with van der Waals surface area (Å²) in [4.78, 5) is 22.3. The molecule has 0 heterocycles. The largest absolute Gasteiger partial charge is 0.495 e. The van der Waals surface area contributed by atoms with Crippen LogP contribution in [0, 0.1) is 0 Å². The molecule has 0 fully saturated rings. The van der Waals surface area contributed by atoms with Gasteiger partial charge in [0.1, 0.15) is 17.5 Å². The number of carbonyl (C=O) groups is 2. The molecule has 0 aliphatic carbocycles. The highest BCUT2D eigenvalue weighted by atomic mass is 35.5. The van der Waals surface area contributed by atoms with Crippen molar-refractivity contribution in [1.82, 2.24) is 5.32 Å². The molecule has 7 nitrogen and oxygen atoms in total. The second-order valence-electron chi connectivity index (χ2n) is 3.85. The number of benzene rings is 1. The number of carboxylic acid groups (broad SMARTS) is 1. The summed E-state index contributed by atoms with van der Waals surface area (Å²) >= 11 is 5.95. The molecule has 0 aliphatic rings. The van der Waals surface area contributed by atoms with Crippen molar-refractivity contribution in [3.05, 3.63) is 17.2 Å². The normalized spacial score (nSPS) is 11.4. The number of nitrogens with one attached hydrogen (secondary N) is 2. The van der Waals surface area contributed by atoms with Gasteiger partial charge in [-0.1, -0.05) is 11.6 Å². The van der Waals surface area contributed by atoms with Gasteiger partial charge in [-0.3, -0.25) is 4.79 Å². The second-order valence-corrected chi connectivity index (χ2v) is 4.25. The smallest absolute Gasteiger partial charge is 0.325 e. The number of halogens is 1. The van der Waals surface area contributed by atoms with E-state index >= 15 is 0 Å². The number of hydrogen-bond donors (Lipinski definition) is 3. The van der Waals surface area contributed by atoms with E-state index in [9.17, 15) is 9.59 Å². The molecule has 0 saturated carbocycles. The molecule has 0 aromatic heterocycles. The topological polar surface area (TPSA) is 96.9 Å². The molecular formula is C12H15ClN2O5. The molecule has 0 bridgehead atoms. The van der Waals surface area contributed by atoms with Gasteiger partial charge in [0.05, 0.1) is 24.9 Å². The van der Waals surface area contributed by atoms with E-state index in [-0.39, 0.29) is 5.02 Å². The van der Waals surface area contributed by atoms with Gasteiger partial charge in [0.2, 0.25) is 0 Å². The zero-order valence-corrected chi connectivity index (χ0v) is 11.9. The van der Waals surface area contributed by atoms with Gasteiger partial charge in [-0.05, 0) is 13.0 Å². The third-order valence-corrected chi connectivity index (χ3v) is 2.74. The van der Waals surface area contributed by atoms with Crippen LogP contribution in [-0.2, 0) is 4.79 Å². The lowest BCUT2D eigenvalue weighted by molar-refractivity contribution is -0.138. The number of hydrogen-bond acceptors (Lipinski definition) is 4. The molecule has 1 atom stereocenters. The van der Waals surface area contributed by atoms with E-state index in [4.69, 9.17) is 26.2 Å². The Morgan fingerprint density at radius 3 is 2.35 bits per heavy atom. The Morgan fingerprint density at radius 2 is 1.85 bits per heavy atom. The summed E-state index contributed by atoms with van der Waals surface area (Å²) in [6.07, 6.45) is 0. The molecule has 1 rings (SSSR count). The Kier molecular flexibility index (Phi) is 5.45. The molecule has 1 aromatic carbocycles. The summed E-state index contributed by atoms with van der Waals surface area (Å²) in [5.74, 6) is -0.405. The van der Waals surface area contributed by atoms with Crippen LogP contribution >= 0.6 is 11.6 Å². The Balaban J connectivity index is 2.89. The van der Waals surface area contributed by atoms with Gasteiger partial charge in [-0.15, -0.1) is 0 Å². The van der Waals surface area contributed by atoms with Crippen molar-refractivity contribution in [3.63, 3.8) is 0 Å². The van der Waals surface area contributed by atoms with Crippen molar-refractivity contribution in [2.75, 3.05) is 19.5 Å². The lowest BCUT2D eigenvalue weighted by atomic mass is 10.2. The van der Waals surface area contributed by atoms with E-state index in [2.05, 4.69) is 10.6 Å². The van der Waals surface area contributed by atoms with Gasteiger partial charge >= 0.3 is 12.0 Å². The predicted octanol–water partition coefficient (Wildman–Crippen LogP) is 1.95. The molecule has 20 heavy (non-hydrogen) atoms. The van der Waals surface area contributed by atoms with E-state index in [0.717, 1.165) is 0 Å². The third-order valence-electron chi connectivity index (χ3n) is 2.44. The number of amides is 2. The second kappa shape index (κ2) is 6.85. The lowest BCUT2D eigenvalue weighted by Crippen LogP contribution is -2.40. The fourth-order valence-electron chi connectivity index (χ4n) is 1.37. The van der Waals surface area contributed by atoms with Crippen molar-refractivity contribution in [2.24, 2.45) is 0 Å².